The molecule has 102 valence electrons. The molecule has 1 aromatic heterocycles. The molecule has 1 N–H and O–H groups in total. The van der Waals surface area contributed by atoms with E-state index in [4.69, 9.17) is 11.6 Å². The Kier molecular flexibility index (Phi) is 4.66. The molecule has 0 amide bonds. The maximum Gasteiger partial charge on any atom is 0.122 e. The summed E-state index contributed by atoms with van der Waals surface area (Å²) < 4.78 is 2.66. The second-order valence-electron chi connectivity index (χ2n) is 4.50. The fraction of sp³-hybridized carbons (Fsp3) is 0.357. The first-order chi connectivity index (χ1) is 9.04. The van der Waals surface area contributed by atoms with Crippen LogP contribution < -0.4 is 0 Å². The molecule has 0 fully saturated rings. The first kappa shape index (κ1) is 14.6. The van der Waals surface area contributed by atoms with Crippen LogP contribution in [0.1, 0.15) is 36.3 Å². The van der Waals surface area contributed by atoms with Crippen molar-refractivity contribution in [1.29, 1.82) is 0 Å². The van der Waals surface area contributed by atoms with E-state index in [0.717, 1.165) is 34.3 Å². The topological polar surface area (TPSA) is 38.0 Å². The average molecular weight is 344 g/mol. The summed E-state index contributed by atoms with van der Waals surface area (Å²) in [5.41, 5.74) is 2.60. The minimum absolute atomic E-state index is 0.676. The standard InChI is InChI=1S/C14H16BrClN2O/c1-3-6-18-13(12(15)8-17-18)14(19)11-5-4-10(16)7-9(11)2/h4-5,7-8,14,19H,3,6H2,1-2H3. The molecule has 5 heteroatoms. The summed E-state index contributed by atoms with van der Waals surface area (Å²) in [7, 11) is 0. The molecule has 0 aliphatic carbocycles. The molecular formula is C14H16BrClN2O. The van der Waals surface area contributed by atoms with Gasteiger partial charge in [-0.1, -0.05) is 24.6 Å². The molecule has 1 atom stereocenters. The quantitative estimate of drug-likeness (QED) is 0.907. The average Bonchev–Trinajstić information content (AvgIpc) is 2.70. The zero-order valence-corrected chi connectivity index (χ0v) is 13.2. The van der Waals surface area contributed by atoms with Gasteiger partial charge in [-0.2, -0.15) is 5.10 Å². The lowest BCUT2D eigenvalue weighted by Gasteiger charge is -2.16. The van der Waals surface area contributed by atoms with Gasteiger partial charge in [-0.05, 0) is 52.5 Å². The summed E-state index contributed by atoms with van der Waals surface area (Å²) in [6, 6.07) is 5.51. The van der Waals surface area contributed by atoms with Crippen LogP contribution in [0.4, 0.5) is 0 Å². The van der Waals surface area contributed by atoms with Gasteiger partial charge in [-0.3, -0.25) is 4.68 Å². The lowest BCUT2D eigenvalue weighted by atomic mass is 10.0. The van der Waals surface area contributed by atoms with Crippen molar-refractivity contribution in [3.05, 3.63) is 50.7 Å². The second kappa shape index (κ2) is 6.07. The molecule has 0 aliphatic heterocycles. The third-order valence-corrected chi connectivity index (χ3v) is 3.90. The highest BCUT2D eigenvalue weighted by molar-refractivity contribution is 9.10. The minimum Gasteiger partial charge on any atom is -0.382 e. The number of nitrogens with zero attached hydrogens (tertiary/aromatic N) is 2. The molecule has 19 heavy (non-hydrogen) atoms. The smallest absolute Gasteiger partial charge is 0.122 e. The molecule has 1 aromatic carbocycles. The molecule has 2 rings (SSSR count). The van der Waals surface area contributed by atoms with E-state index in [1.807, 2.05) is 23.7 Å². The van der Waals surface area contributed by atoms with Crippen LogP contribution in [0.25, 0.3) is 0 Å². The van der Waals surface area contributed by atoms with Gasteiger partial charge in [-0.25, -0.2) is 0 Å². The van der Waals surface area contributed by atoms with Crippen molar-refractivity contribution >= 4 is 27.5 Å². The van der Waals surface area contributed by atoms with Gasteiger partial charge >= 0.3 is 0 Å². The van der Waals surface area contributed by atoms with Crippen LogP contribution in [0.15, 0.2) is 28.9 Å². The van der Waals surface area contributed by atoms with Crippen molar-refractivity contribution in [2.24, 2.45) is 0 Å². The maximum absolute atomic E-state index is 10.6. The first-order valence-electron chi connectivity index (χ1n) is 6.20. The SMILES string of the molecule is CCCn1ncc(Br)c1C(O)c1ccc(Cl)cc1C. The van der Waals surface area contributed by atoms with Gasteiger partial charge < -0.3 is 5.11 Å². The van der Waals surface area contributed by atoms with Gasteiger partial charge in [0.1, 0.15) is 6.10 Å². The van der Waals surface area contributed by atoms with E-state index in [9.17, 15) is 5.11 Å². The third kappa shape index (κ3) is 3.02. The Morgan fingerprint density at radius 1 is 1.47 bits per heavy atom. The molecule has 0 radical (unpaired) electrons. The van der Waals surface area contributed by atoms with E-state index >= 15 is 0 Å². The zero-order chi connectivity index (χ0) is 14.0. The summed E-state index contributed by atoms with van der Waals surface area (Å²) in [6.07, 6.45) is 1.98. The molecule has 0 bridgehead atoms. The molecule has 0 saturated carbocycles. The molecule has 2 aromatic rings. The minimum atomic E-state index is -0.708. The maximum atomic E-state index is 10.6. The van der Waals surface area contributed by atoms with E-state index in [1.165, 1.54) is 0 Å². The van der Waals surface area contributed by atoms with Crippen molar-refractivity contribution < 1.29 is 5.11 Å². The molecule has 3 nitrogen and oxygen atoms in total. The van der Waals surface area contributed by atoms with Crippen molar-refractivity contribution in [1.82, 2.24) is 9.78 Å². The van der Waals surface area contributed by atoms with Crippen LogP contribution in [0.5, 0.6) is 0 Å². The number of benzene rings is 1. The number of hydrogen-bond donors (Lipinski definition) is 1. The van der Waals surface area contributed by atoms with Crippen LogP contribution >= 0.6 is 27.5 Å². The van der Waals surface area contributed by atoms with Gasteiger partial charge in [-0.15, -0.1) is 0 Å². The second-order valence-corrected chi connectivity index (χ2v) is 5.80. The number of aliphatic hydroxyl groups is 1. The summed E-state index contributed by atoms with van der Waals surface area (Å²) >= 11 is 9.41. The zero-order valence-electron chi connectivity index (χ0n) is 10.9. The van der Waals surface area contributed by atoms with Crippen molar-refractivity contribution in [2.45, 2.75) is 32.9 Å². The summed E-state index contributed by atoms with van der Waals surface area (Å²) in [6.45, 7) is 4.81. The predicted octanol–water partition coefficient (Wildman–Crippen LogP) is 4.10. The number of aryl methyl sites for hydroxylation is 2. The Hall–Kier alpha value is -0.840. The van der Waals surface area contributed by atoms with Crippen LogP contribution in [0.3, 0.4) is 0 Å². The molecule has 1 unspecified atom stereocenters. The summed E-state index contributed by atoms with van der Waals surface area (Å²) in [5.74, 6) is 0. The molecule has 0 saturated heterocycles. The number of aromatic nitrogens is 2. The summed E-state index contributed by atoms with van der Waals surface area (Å²) in [4.78, 5) is 0. The summed E-state index contributed by atoms with van der Waals surface area (Å²) in [5, 5.41) is 15.6. The highest BCUT2D eigenvalue weighted by Gasteiger charge is 2.20. The van der Waals surface area contributed by atoms with Crippen molar-refractivity contribution in [2.75, 3.05) is 0 Å². The van der Waals surface area contributed by atoms with Crippen LogP contribution in [0, 0.1) is 6.92 Å². The van der Waals surface area contributed by atoms with E-state index in [1.54, 1.807) is 12.3 Å². The van der Waals surface area contributed by atoms with Gasteiger partial charge in [0.15, 0.2) is 0 Å². The van der Waals surface area contributed by atoms with E-state index in [2.05, 4.69) is 28.0 Å². The van der Waals surface area contributed by atoms with Crippen LogP contribution in [-0.2, 0) is 6.54 Å². The van der Waals surface area contributed by atoms with Crippen molar-refractivity contribution in [3.63, 3.8) is 0 Å². The monoisotopic (exact) mass is 342 g/mol. The van der Waals surface area contributed by atoms with E-state index in [-0.39, 0.29) is 0 Å². The normalized spacial score (nSPS) is 12.7. The van der Waals surface area contributed by atoms with E-state index in [0.29, 0.717) is 5.02 Å². The third-order valence-electron chi connectivity index (χ3n) is 3.05. The van der Waals surface area contributed by atoms with E-state index < -0.39 is 6.10 Å². The number of halogens is 2. The number of hydrogen-bond acceptors (Lipinski definition) is 2. The lowest BCUT2D eigenvalue weighted by Crippen LogP contribution is -2.11. The Labute approximate surface area is 126 Å². The predicted molar refractivity (Wildman–Crippen MR) is 80.5 cm³/mol. The molecule has 0 spiro atoms. The first-order valence-corrected chi connectivity index (χ1v) is 7.37. The molecule has 1 heterocycles. The largest absolute Gasteiger partial charge is 0.382 e. The number of aliphatic hydroxyl groups excluding tert-OH is 1. The van der Waals surface area contributed by atoms with Gasteiger partial charge in [0, 0.05) is 11.6 Å². The van der Waals surface area contributed by atoms with Gasteiger partial charge in [0.25, 0.3) is 0 Å². The van der Waals surface area contributed by atoms with Crippen molar-refractivity contribution in [3.8, 4) is 0 Å². The Morgan fingerprint density at radius 3 is 2.84 bits per heavy atom. The fourth-order valence-electron chi connectivity index (χ4n) is 2.13. The fourth-order valence-corrected chi connectivity index (χ4v) is 2.87. The Morgan fingerprint density at radius 2 is 2.21 bits per heavy atom. The van der Waals surface area contributed by atoms with Crippen LogP contribution in [0.2, 0.25) is 5.02 Å². The Bertz CT molecular complexity index is 583. The number of rotatable bonds is 4. The molecule has 0 aliphatic rings. The van der Waals surface area contributed by atoms with Gasteiger partial charge in [0.2, 0.25) is 0 Å². The van der Waals surface area contributed by atoms with Crippen LogP contribution in [-0.4, -0.2) is 14.9 Å². The Balaban J connectivity index is 2.43. The van der Waals surface area contributed by atoms with Gasteiger partial charge in [0.05, 0.1) is 16.4 Å². The lowest BCUT2D eigenvalue weighted by molar-refractivity contribution is 0.206. The highest BCUT2D eigenvalue weighted by atomic mass is 79.9. The highest BCUT2D eigenvalue weighted by Crippen LogP contribution is 2.31. The molecular weight excluding hydrogens is 328 g/mol.